The lowest BCUT2D eigenvalue weighted by molar-refractivity contribution is -0.111. The third-order valence-corrected chi connectivity index (χ3v) is 3.98. The van der Waals surface area contributed by atoms with Gasteiger partial charge in [0.2, 0.25) is 5.91 Å². The van der Waals surface area contributed by atoms with Gasteiger partial charge < -0.3 is 10.1 Å². The molecule has 0 fully saturated rings. The smallest absolute Gasteiger partial charge is 0.248 e. The first-order valence-electron chi connectivity index (χ1n) is 6.27. The average Bonchev–Trinajstić information content (AvgIpc) is 2.46. The number of benzene rings is 2. The molecule has 0 aliphatic rings. The molecule has 1 amide bonds. The number of hydrogen-bond acceptors (Lipinski definition) is 2. The molecule has 3 nitrogen and oxygen atoms in total. The van der Waals surface area contributed by atoms with E-state index in [9.17, 15) is 4.79 Å². The Morgan fingerprint density at radius 2 is 2.00 bits per heavy atom. The number of halogens is 3. The molecule has 0 radical (unpaired) electrons. The van der Waals surface area contributed by atoms with Crippen molar-refractivity contribution in [2.24, 2.45) is 0 Å². The van der Waals surface area contributed by atoms with Gasteiger partial charge in [0.15, 0.2) is 0 Å². The molecule has 0 saturated heterocycles. The number of rotatable bonds is 4. The molecule has 0 aromatic heterocycles. The second-order valence-corrected chi connectivity index (χ2v) is 6.04. The van der Waals surface area contributed by atoms with Crippen LogP contribution in [0.4, 0.5) is 5.69 Å². The fraction of sp³-hybridized carbons (Fsp3) is 0.0625. The molecule has 1 N–H and O–H groups in total. The van der Waals surface area contributed by atoms with Crippen LogP contribution in [-0.2, 0) is 4.79 Å². The fourth-order valence-corrected chi connectivity index (χ4v) is 2.74. The summed E-state index contributed by atoms with van der Waals surface area (Å²) >= 11 is 15.2. The van der Waals surface area contributed by atoms with Crippen LogP contribution < -0.4 is 10.1 Å². The van der Waals surface area contributed by atoms with Crippen LogP contribution >= 0.6 is 39.1 Å². The summed E-state index contributed by atoms with van der Waals surface area (Å²) in [7, 11) is 1.58. The SMILES string of the molecule is COc1ccc(NC(=O)C=Cc2ccc(Cl)cc2Cl)cc1Br. The van der Waals surface area contributed by atoms with Gasteiger partial charge in [0.1, 0.15) is 5.75 Å². The second kappa shape index (κ2) is 7.68. The third-order valence-electron chi connectivity index (χ3n) is 2.80. The van der Waals surface area contributed by atoms with Crippen molar-refractivity contribution in [3.63, 3.8) is 0 Å². The molecule has 0 heterocycles. The van der Waals surface area contributed by atoms with Gasteiger partial charge in [-0.1, -0.05) is 29.3 Å². The maximum absolute atomic E-state index is 11.9. The van der Waals surface area contributed by atoms with Crippen molar-refractivity contribution in [3.05, 3.63) is 62.6 Å². The van der Waals surface area contributed by atoms with Crippen molar-refractivity contribution in [3.8, 4) is 5.75 Å². The van der Waals surface area contributed by atoms with Crippen molar-refractivity contribution >= 4 is 56.8 Å². The standard InChI is InChI=1S/C16H12BrCl2NO2/c1-22-15-6-5-12(9-13(15)17)20-16(21)7-3-10-2-4-11(18)8-14(10)19/h2-9H,1H3,(H,20,21). The minimum Gasteiger partial charge on any atom is -0.496 e. The zero-order chi connectivity index (χ0) is 16.1. The van der Waals surface area contributed by atoms with Gasteiger partial charge in [-0.15, -0.1) is 0 Å². The maximum atomic E-state index is 11.9. The number of hydrogen-bond donors (Lipinski definition) is 1. The van der Waals surface area contributed by atoms with E-state index in [1.54, 1.807) is 49.6 Å². The van der Waals surface area contributed by atoms with Crippen LogP contribution in [-0.4, -0.2) is 13.0 Å². The number of carbonyl (C=O) groups is 1. The maximum Gasteiger partial charge on any atom is 0.248 e. The number of ether oxygens (including phenoxy) is 1. The molecule has 0 aliphatic heterocycles. The molecule has 114 valence electrons. The largest absolute Gasteiger partial charge is 0.496 e. The highest BCUT2D eigenvalue weighted by atomic mass is 79.9. The van der Waals surface area contributed by atoms with E-state index in [0.717, 1.165) is 10.0 Å². The van der Waals surface area contributed by atoms with Crippen LogP contribution in [0.5, 0.6) is 5.75 Å². The summed E-state index contributed by atoms with van der Waals surface area (Å²) in [5, 5.41) is 3.79. The summed E-state index contributed by atoms with van der Waals surface area (Å²) in [5.74, 6) is 0.435. The Labute approximate surface area is 147 Å². The van der Waals surface area contributed by atoms with Gasteiger partial charge in [0.05, 0.1) is 11.6 Å². The van der Waals surface area contributed by atoms with E-state index in [4.69, 9.17) is 27.9 Å². The van der Waals surface area contributed by atoms with Crippen molar-refractivity contribution in [2.45, 2.75) is 0 Å². The number of amides is 1. The molecule has 0 bridgehead atoms. The van der Waals surface area contributed by atoms with Gasteiger partial charge in [-0.2, -0.15) is 0 Å². The monoisotopic (exact) mass is 399 g/mol. The van der Waals surface area contributed by atoms with E-state index in [0.29, 0.717) is 21.5 Å². The van der Waals surface area contributed by atoms with Crippen LogP contribution in [0.3, 0.4) is 0 Å². The van der Waals surface area contributed by atoms with Crippen LogP contribution in [0.1, 0.15) is 5.56 Å². The first-order chi connectivity index (χ1) is 10.5. The number of nitrogens with one attached hydrogen (secondary N) is 1. The Morgan fingerprint density at radius 1 is 1.23 bits per heavy atom. The van der Waals surface area contributed by atoms with Crippen LogP contribution in [0.2, 0.25) is 10.0 Å². The number of methoxy groups -OCH3 is 1. The summed E-state index contributed by atoms with van der Waals surface area (Å²) in [6.07, 6.45) is 3.04. The van der Waals surface area contributed by atoms with Gasteiger partial charge in [0, 0.05) is 21.8 Å². The van der Waals surface area contributed by atoms with Gasteiger partial charge in [0.25, 0.3) is 0 Å². The topological polar surface area (TPSA) is 38.3 Å². The van der Waals surface area contributed by atoms with E-state index in [1.165, 1.54) is 6.08 Å². The molecule has 0 aliphatic carbocycles. The first kappa shape index (κ1) is 16.9. The van der Waals surface area contributed by atoms with Crippen LogP contribution in [0.25, 0.3) is 6.08 Å². The fourth-order valence-electron chi connectivity index (χ4n) is 1.73. The first-order valence-corrected chi connectivity index (χ1v) is 7.82. The Morgan fingerprint density at radius 3 is 2.64 bits per heavy atom. The van der Waals surface area contributed by atoms with Gasteiger partial charge >= 0.3 is 0 Å². The third kappa shape index (κ3) is 4.50. The van der Waals surface area contributed by atoms with E-state index >= 15 is 0 Å². The van der Waals surface area contributed by atoms with E-state index in [1.807, 2.05) is 0 Å². The molecule has 22 heavy (non-hydrogen) atoms. The minimum absolute atomic E-state index is 0.261. The predicted molar refractivity (Wildman–Crippen MR) is 94.8 cm³/mol. The average molecular weight is 401 g/mol. The molecule has 0 atom stereocenters. The molecule has 2 aromatic carbocycles. The van der Waals surface area contributed by atoms with E-state index < -0.39 is 0 Å². The van der Waals surface area contributed by atoms with Crippen molar-refractivity contribution in [1.82, 2.24) is 0 Å². The number of anilines is 1. The molecule has 2 rings (SSSR count). The van der Waals surface area contributed by atoms with Crippen molar-refractivity contribution < 1.29 is 9.53 Å². The molecule has 0 spiro atoms. The summed E-state index contributed by atoms with van der Waals surface area (Å²) in [6, 6.07) is 10.4. The molecular weight excluding hydrogens is 389 g/mol. The highest BCUT2D eigenvalue weighted by Gasteiger charge is 2.04. The molecule has 0 unspecified atom stereocenters. The zero-order valence-corrected chi connectivity index (χ0v) is 14.7. The van der Waals surface area contributed by atoms with Crippen LogP contribution in [0, 0.1) is 0 Å². The summed E-state index contributed by atoms with van der Waals surface area (Å²) < 4.78 is 5.90. The highest BCUT2D eigenvalue weighted by molar-refractivity contribution is 9.10. The van der Waals surface area contributed by atoms with Crippen molar-refractivity contribution in [1.29, 1.82) is 0 Å². The summed E-state index contributed by atoms with van der Waals surface area (Å²) in [6.45, 7) is 0. The Hall–Kier alpha value is -1.49. The van der Waals surface area contributed by atoms with Gasteiger partial charge in [-0.3, -0.25) is 4.79 Å². The molecule has 0 saturated carbocycles. The minimum atomic E-state index is -0.261. The Kier molecular flexibility index (Phi) is 5.89. The summed E-state index contributed by atoms with van der Waals surface area (Å²) in [5.41, 5.74) is 1.38. The lowest BCUT2D eigenvalue weighted by Gasteiger charge is -2.06. The lowest BCUT2D eigenvalue weighted by Crippen LogP contribution is -2.07. The highest BCUT2D eigenvalue weighted by Crippen LogP contribution is 2.27. The zero-order valence-electron chi connectivity index (χ0n) is 11.6. The predicted octanol–water partition coefficient (Wildman–Crippen LogP) is 5.42. The van der Waals surface area contributed by atoms with Gasteiger partial charge in [-0.25, -0.2) is 0 Å². The van der Waals surface area contributed by atoms with Crippen molar-refractivity contribution in [2.75, 3.05) is 12.4 Å². The second-order valence-electron chi connectivity index (χ2n) is 4.34. The molecule has 6 heteroatoms. The van der Waals surface area contributed by atoms with Crippen LogP contribution in [0.15, 0.2) is 46.9 Å². The summed E-state index contributed by atoms with van der Waals surface area (Å²) in [4.78, 5) is 11.9. The molecular formula is C16H12BrCl2NO2. The van der Waals surface area contributed by atoms with E-state index in [2.05, 4.69) is 21.2 Å². The molecule has 2 aromatic rings. The van der Waals surface area contributed by atoms with E-state index in [-0.39, 0.29) is 5.91 Å². The normalized spacial score (nSPS) is 10.7. The van der Waals surface area contributed by atoms with Gasteiger partial charge in [-0.05, 0) is 57.9 Å². The Bertz CT molecular complexity index is 732. The Balaban J connectivity index is 2.06. The lowest BCUT2D eigenvalue weighted by atomic mass is 10.2. The quantitative estimate of drug-likeness (QED) is 0.696. The number of carbonyl (C=O) groups excluding carboxylic acids is 1.